The largest absolute Gasteiger partial charge is 0.497 e. The Morgan fingerprint density at radius 2 is 1.87 bits per heavy atom. The van der Waals surface area contributed by atoms with Crippen molar-refractivity contribution in [1.82, 2.24) is 3.96 Å². The minimum Gasteiger partial charge on any atom is -0.497 e. The van der Waals surface area contributed by atoms with Crippen LogP contribution in [0.4, 0.5) is 0 Å². The van der Waals surface area contributed by atoms with Crippen LogP contribution < -0.4 is 10.3 Å². The molecule has 0 bridgehead atoms. The summed E-state index contributed by atoms with van der Waals surface area (Å²) in [5.41, 5.74) is 0.947. The van der Waals surface area contributed by atoms with Gasteiger partial charge < -0.3 is 4.74 Å². The van der Waals surface area contributed by atoms with Crippen LogP contribution in [0.2, 0.25) is 0 Å². The second kappa shape index (κ2) is 6.79. The summed E-state index contributed by atoms with van der Waals surface area (Å²) in [6, 6.07) is 15.1. The highest BCUT2D eigenvalue weighted by Gasteiger charge is 2.13. The van der Waals surface area contributed by atoms with Gasteiger partial charge in [0.2, 0.25) is 5.91 Å². The second-order valence-electron chi connectivity index (χ2n) is 5.28. The molecule has 3 aromatic rings. The summed E-state index contributed by atoms with van der Waals surface area (Å²) in [4.78, 5) is 24.5. The molecule has 1 heterocycles. The van der Waals surface area contributed by atoms with Crippen molar-refractivity contribution in [1.29, 1.82) is 0 Å². The molecular formula is C18H17NO3S. The van der Waals surface area contributed by atoms with Crippen LogP contribution in [-0.4, -0.2) is 17.0 Å². The zero-order valence-corrected chi connectivity index (χ0v) is 13.6. The summed E-state index contributed by atoms with van der Waals surface area (Å²) < 4.78 is 7.25. The van der Waals surface area contributed by atoms with Gasteiger partial charge in [-0.05, 0) is 54.2 Å². The van der Waals surface area contributed by atoms with Crippen LogP contribution in [0.15, 0.2) is 53.3 Å². The molecule has 0 saturated heterocycles. The first kappa shape index (κ1) is 15.5. The number of hydrogen-bond acceptors (Lipinski definition) is 4. The van der Waals surface area contributed by atoms with Gasteiger partial charge in [0.05, 0.1) is 17.2 Å². The molecule has 5 heteroatoms. The van der Waals surface area contributed by atoms with Crippen LogP contribution in [0.5, 0.6) is 5.75 Å². The predicted octanol–water partition coefficient (Wildman–Crippen LogP) is 3.73. The van der Waals surface area contributed by atoms with Crippen molar-refractivity contribution in [3.05, 3.63) is 64.4 Å². The van der Waals surface area contributed by atoms with Crippen molar-refractivity contribution in [2.24, 2.45) is 0 Å². The van der Waals surface area contributed by atoms with Crippen LogP contribution in [0.1, 0.15) is 23.2 Å². The first-order valence-corrected chi connectivity index (χ1v) is 8.23. The molecule has 0 unspecified atom stereocenters. The number of carbonyl (C=O) groups is 1. The van der Waals surface area contributed by atoms with Gasteiger partial charge in [0.15, 0.2) is 0 Å². The lowest BCUT2D eigenvalue weighted by Crippen LogP contribution is -2.20. The Balaban J connectivity index is 1.64. The average molecular weight is 327 g/mol. The standard InChI is InChI=1S/C18H17NO3S/c1-22-14-11-9-13(10-12-14)5-4-8-17(20)19-18(21)15-6-2-3-7-16(15)23-19/h2-3,6-7,9-12H,4-5,8H2,1H3. The molecule has 0 aliphatic rings. The van der Waals surface area contributed by atoms with Gasteiger partial charge in [-0.1, -0.05) is 24.3 Å². The summed E-state index contributed by atoms with van der Waals surface area (Å²) in [5, 5.41) is 0.612. The number of benzene rings is 2. The van der Waals surface area contributed by atoms with Crippen molar-refractivity contribution in [2.45, 2.75) is 19.3 Å². The fourth-order valence-corrected chi connectivity index (χ4v) is 3.44. The van der Waals surface area contributed by atoms with E-state index in [2.05, 4.69) is 0 Å². The first-order chi connectivity index (χ1) is 11.2. The Hall–Kier alpha value is -2.40. The van der Waals surface area contributed by atoms with E-state index in [0.29, 0.717) is 18.2 Å². The highest BCUT2D eigenvalue weighted by atomic mass is 32.1. The van der Waals surface area contributed by atoms with E-state index in [1.807, 2.05) is 42.5 Å². The zero-order chi connectivity index (χ0) is 16.2. The number of methoxy groups -OCH3 is 1. The molecule has 0 amide bonds. The van der Waals surface area contributed by atoms with E-state index < -0.39 is 0 Å². The third-order valence-electron chi connectivity index (χ3n) is 3.73. The third kappa shape index (κ3) is 3.35. The monoisotopic (exact) mass is 327 g/mol. The van der Waals surface area contributed by atoms with E-state index in [1.54, 1.807) is 13.2 Å². The van der Waals surface area contributed by atoms with Gasteiger partial charge in [-0.2, -0.15) is 3.96 Å². The Kier molecular flexibility index (Phi) is 4.57. The van der Waals surface area contributed by atoms with Crippen molar-refractivity contribution in [2.75, 3.05) is 7.11 Å². The fourth-order valence-electron chi connectivity index (χ4n) is 2.47. The number of hydrogen-bond donors (Lipinski definition) is 0. The van der Waals surface area contributed by atoms with Crippen molar-refractivity contribution in [3.8, 4) is 5.75 Å². The molecule has 3 rings (SSSR count). The summed E-state index contributed by atoms with van der Waals surface area (Å²) >= 11 is 1.22. The molecule has 0 N–H and O–H groups in total. The van der Waals surface area contributed by atoms with Gasteiger partial charge in [0.25, 0.3) is 5.56 Å². The number of aryl methyl sites for hydroxylation is 1. The van der Waals surface area contributed by atoms with E-state index in [4.69, 9.17) is 4.74 Å². The number of carbonyl (C=O) groups excluding carboxylic acids is 1. The highest BCUT2D eigenvalue weighted by molar-refractivity contribution is 7.14. The summed E-state index contributed by atoms with van der Waals surface area (Å²) in [7, 11) is 1.64. The Labute approximate surface area is 138 Å². The van der Waals surface area contributed by atoms with Crippen LogP contribution >= 0.6 is 11.5 Å². The summed E-state index contributed by atoms with van der Waals surface area (Å²) in [6.45, 7) is 0. The predicted molar refractivity (Wildman–Crippen MR) is 92.6 cm³/mol. The normalized spacial score (nSPS) is 10.8. The Morgan fingerprint density at radius 1 is 1.13 bits per heavy atom. The average Bonchev–Trinajstić information content (AvgIpc) is 2.93. The molecule has 23 heavy (non-hydrogen) atoms. The second-order valence-corrected chi connectivity index (χ2v) is 6.27. The minimum absolute atomic E-state index is 0.135. The molecule has 0 fully saturated rings. The maximum atomic E-state index is 12.3. The van der Waals surface area contributed by atoms with Gasteiger partial charge in [-0.15, -0.1) is 0 Å². The fraction of sp³-hybridized carbons (Fsp3) is 0.222. The zero-order valence-electron chi connectivity index (χ0n) is 12.8. The number of fused-ring (bicyclic) bond motifs is 1. The third-order valence-corrected chi connectivity index (χ3v) is 4.84. The molecule has 4 nitrogen and oxygen atoms in total. The number of aromatic nitrogens is 1. The van der Waals surface area contributed by atoms with Crippen molar-refractivity contribution in [3.63, 3.8) is 0 Å². The number of nitrogens with zero attached hydrogens (tertiary/aromatic N) is 1. The molecule has 0 aliphatic carbocycles. The van der Waals surface area contributed by atoms with Crippen molar-refractivity contribution < 1.29 is 9.53 Å². The van der Waals surface area contributed by atoms with Gasteiger partial charge >= 0.3 is 0 Å². The van der Waals surface area contributed by atoms with E-state index in [1.165, 1.54) is 15.5 Å². The maximum Gasteiger partial charge on any atom is 0.275 e. The van der Waals surface area contributed by atoms with E-state index in [-0.39, 0.29) is 11.5 Å². The molecule has 0 saturated carbocycles. The van der Waals surface area contributed by atoms with E-state index in [9.17, 15) is 9.59 Å². The molecular weight excluding hydrogens is 310 g/mol. The van der Waals surface area contributed by atoms with Gasteiger partial charge in [-0.25, -0.2) is 0 Å². The number of ether oxygens (including phenoxy) is 1. The van der Waals surface area contributed by atoms with Crippen molar-refractivity contribution >= 4 is 27.5 Å². The lowest BCUT2D eigenvalue weighted by molar-refractivity contribution is 0.0910. The molecule has 0 radical (unpaired) electrons. The quantitative estimate of drug-likeness (QED) is 0.717. The molecule has 0 aliphatic heterocycles. The van der Waals surface area contributed by atoms with Crippen LogP contribution in [-0.2, 0) is 6.42 Å². The van der Waals surface area contributed by atoms with Crippen LogP contribution in [0.25, 0.3) is 10.1 Å². The molecule has 0 spiro atoms. The van der Waals surface area contributed by atoms with E-state index >= 15 is 0 Å². The molecule has 2 aromatic carbocycles. The topological polar surface area (TPSA) is 48.3 Å². The van der Waals surface area contributed by atoms with Gasteiger partial charge in [-0.3, -0.25) is 9.59 Å². The SMILES string of the molecule is COc1ccc(CCCC(=O)n2sc3ccccc3c2=O)cc1. The lowest BCUT2D eigenvalue weighted by Gasteiger charge is -2.03. The van der Waals surface area contributed by atoms with E-state index in [0.717, 1.165) is 22.4 Å². The van der Waals surface area contributed by atoms with Crippen LogP contribution in [0.3, 0.4) is 0 Å². The lowest BCUT2D eigenvalue weighted by atomic mass is 10.1. The minimum atomic E-state index is -0.208. The molecule has 1 aromatic heterocycles. The molecule has 118 valence electrons. The van der Waals surface area contributed by atoms with Crippen LogP contribution in [0, 0.1) is 0 Å². The Morgan fingerprint density at radius 3 is 2.57 bits per heavy atom. The summed E-state index contributed by atoms with van der Waals surface area (Å²) in [6.07, 6.45) is 1.87. The first-order valence-electron chi connectivity index (χ1n) is 7.46. The number of rotatable bonds is 5. The van der Waals surface area contributed by atoms with Gasteiger partial charge in [0, 0.05) is 6.42 Å². The molecule has 0 atom stereocenters. The Bertz CT molecular complexity index is 877. The highest BCUT2D eigenvalue weighted by Crippen LogP contribution is 2.17. The summed E-state index contributed by atoms with van der Waals surface area (Å²) in [5.74, 6) is 0.686. The van der Waals surface area contributed by atoms with Gasteiger partial charge in [0.1, 0.15) is 5.75 Å². The smallest absolute Gasteiger partial charge is 0.275 e. The maximum absolute atomic E-state index is 12.3.